The summed E-state index contributed by atoms with van der Waals surface area (Å²) in [4.78, 5) is 0.235. The van der Waals surface area contributed by atoms with Crippen LogP contribution in [-0.2, 0) is 0 Å². The summed E-state index contributed by atoms with van der Waals surface area (Å²) < 4.78 is 13.2. The fraction of sp³-hybridized carbons (Fsp3) is 0.533. The molecule has 0 radical (unpaired) electrons. The number of nitrogens with two attached hydrogens (primary N) is 1. The molecule has 1 aromatic carbocycles. The molecule has 0 saturated heterocycles. The van der Waals surface area contributed by atoms with Crippen LogP contribution < -0.4 is 11.1 Å². The number of halogens is 1. The zero-order chi connectivity index (χ0) is 13.8. The lowest BCUT2D eigenvalue weighted by Gasteiger charge is -2.26. The van der Waals surface area contributed by atoms with E-state index in [1.54, 1.807) is 6.07 Å². The summed E-state index contributed by atoms with van der Waals surface area (Å²) in [7, 11) is 0. The van der Waals surface area contributed by atoms with Gasteiger partial charge >= 0.3 is 0 Å². The standard InChI is InChI=1S/C15H21FN2S/c1-10-2-4-11(5-3-10)9-18-14-7-6-12(16)8-13(14)15(17)19/h6-8,10-11,18H,2-5,9H2,1H3,(H2,17,19). The van der Waals surface area contributed by atoms with Crippen molar-refractivity contribution in [2.24, 2.45) is 17.6 Å². The first-order valence-electron chi connectivity index (χ1n) is 6.89. The SMILES string of the molecule is CC1CCC(CNc2ccc(F)cc2C(N)=S)CC1. The molecule has 2 rings (SSSR count). The highest BCUT2D eigenvalue weighted by Gasteiger charge is 2.18. The predicted octanol–water partition coefficient (Wildman–Crippen LogP) is 3.70. The molecular formula is C15H21FN2S. The van der Waals surface area contributed by atoms with E-state index in [9.17, 15) is 4.39 Å². The third-order valence-corrected chi connectivity index (χ3v) is 4.18. The lowest BCUT2D eigenvalue weighted by molar-refractivity contribution is 0.300. The second-order valence-electron chi connectivity index (χ2n) is 5.56. The Balaban J connectivity index is 1.97. The number of hydrogen-bond acceptors (Lipinski definition) is 2. The molecule has 2 nitrogen and oxygen atoms in total. The third kappa shape index (κ3) is 3.90. The molecule has 1 saturated carbocycles. The Morgan fingerprint density at radius 3 is 2.68 bits per heavy atom. The van der Waals surface area contributed by atoms with Crippen LogP contribution in [0.4, 0.5) is 10.1 Å². The Bertz CT molecular complexity index is 453. The molecule has 0 unspecified atom stereocenters. The molecule has 1 fully saturated rings. The van der Waals surface area contributed by atoms with Gasteiger partial charge in [-0.25, -0.2) is 4.39 Å². The first-order valence-corrected chi connectivity index (χ1v) is 7.30. The minimum Gasteiger partial charge on any atom is -0.389 e. The van der Waals surface area contributed by atoms with E-state index in [0.29, 0.717) is 11.5 Å². The molecule has 4 heteroatoms. The Kier molecular flexibility index (Phi) is 4.75. The van der Waals surface area contributed by atoms with E-state index < -0.39 is 0 Å². The number of benzene rings is 1. The van der Waals surface area contributed by atoms with E-state index in [1.807, 2.05) is 0 Å². The maximum Gasteiger partial charge on any atom is 0.124 e. The molecule has 1 aliphatic rings. The predicted molar refractivity (Wildman–Crippen MR) is 81.9 cm³/mol. The molecule has 19 heavy (non-hydrogen) atoms. The highest BCUT2D eigenvalue weighted by molar-refractivity contribution is 7.80. The second kappa shape index (κ2) is 6.33. The highest BCUT2D eigenvalue weighted by atomic mass is 32.1. The first-order chi connectivity index (χ1) is 9.06. The summed E-state index contributed by atoms with van der Waals surface area (Å²) in [6.45, 7) is 3.22. The molecule has 1 aromatic rings. The van der Waals surface area contributed by atoms with Crippen LogP contribution in [0, 0.1) is 17.7 Å². The van der Waals surface area contributed by atoms with Crippen LogP contribution >= 0.6 is 12.2 Å². The van der Waals surface area contributed by atoms with Crippen LogP contribution in [0.5, 0.6) is 0 Å². The molecule has 1 aliphatic carbocycles. The average molecular weight is 280 g/mol. The fourth-order valence-corrected chi connectivity index (χ4v) is 2.83. The molecule has 0 aliphatic heterocycles. The first kappa shape index (κ1) is 14.3. The zero-order valence-corrected chi connectivity index (χ0v) is 12.1. The van der Waals surface area contributed by atoms with Crippen molar-refractivity contribution in [3.8, 4) is 0 Å². The van der Waals surface area contributed by atoms with E-state index in [2.05, 4.69) is 12.2 Å². The van der Waals surface area contributed by atoms with Crippen LogP contribution in [0.15, 0.2) is 18.2 Å². The topological polar surface area (TPSA) is 38.0 Å². The third-order valence-electron chi connectivity index (χ3n) is 3.96. The number of anilines is 1. The van der Waals surface area contributed by atoms with E-state index in [0.717, 1.165) is 18.2 Å². The van der Waals surface area contributed by atoms with Gasteiger partial charge in [-0.05, 0) is 42.9 Å². The molecule has 0 aromatic heterocycles. The van der Waals surface area contributed by atoms with Gasteiger partial charge < -0.3 is 11.1 Å². The van der Waals surface area contributed by atoms with Gasteiger partial charge in [-0.1, -0.05) is 32.0 Å². The van der Waals surface area contributed by atoms with Gasteiger partial charge in [-0.15, -0.1) is 0 Å². The van der Waals surface area contributed by atoms with E-state index >= 15 is 0 Å². The van der Waals surface area contributed by atoms with Gasteiger partial charge in [0.1, 0.15) is 10.8 Å². The highest BCUT2D eigenvalue weighted by Crippen LogP contribution is 2.28. The largest absolute Gasteiger partial charge is 0.389 e. The molecule has 0 bridgehead atoms. The zero-order valence-electron chi connectivity index (χ0n) is 11.3. The van der Waals surface area contributed by atoms with Crippen molar-refractivity contribution in [2.75, 3.05) is 11.9 Å². The Morgan fingerprint density at radius 1 is 1.37 bits per heavy atom. The molecule has 104 valence electrons. The van der Waals surface area contributed by atoms with Crippen LogP contribution in [-0.4, -0.2) is 11.5 Å². The van der Waals surface area contributed by atoms with E-state index in [-0.39, 0.29) is 10.8 Å². The number of rotatable bonds is 4. The summed E-state index contributed by atoms with van der Waals surface area (Å²) >= 11 is 4.97. The second-order valence-corrected chi connectivity index (χ2v) is 6.00. The quantitative estimate of drug-likeness (QED) is 0.826. The van der Waals surface area contributed by atoms with Crippen molar-refractivity contribution in [1.29, 1.82) is 0 Å². The van der Waals surface area contributed by atoms with Crippen LogP contribution in [0.2, 0.25) is 0 Å². The van der Waals surface area contributed by atoms with Gasteiger partial charge in [0.25, 0.3) is 0 Å². The van der Waals surface area contributed by atoms with Gasteiger partial charge in [0.15, 0.2) is 0 Å². The maximum absolute atomic E-state index is 13.2. The van der Waals surface area contributed by atoms with Gasteiger partial charge in [0.2, 0.25) is 0 Å². The molecular weight excluding hydrogens is 259 g/mol. The minimum atomic E-state index is -0.306. The summed E-state index contributed by atoms with van der Waals surface area (Å²) in [5.41, 5.74) is 7.07. The Labute approximate surface area is 119 Å². The summed E-state index contributed by atoms with van der Waals surface area (Å²) in [6.07, 6.45) is 5.13. The van der Waals surface area contributed by atoms with Crippen LogP contribution in [0.3, 0.4) is 0 Å². The molecule has 3 N–H and O–H groups in total. The van der Waals surface area contributed by atoms with Crippen LogP contribution in [0.1, 0.15) is 38.2 Å². The Hall–Kier alpha value is -1.16. The minimum absolute atomic E-state index is 0.235. The fourth-order valence-electron chi connectivity index (χ4n) is 2.66. The molecule has 0 heterocycles. The lowest BCUT2D eigenvalue weighted by atomic mass is 9.83. The van der Waals surface area contributed by atoms with Gasteiger partial charge in [0.05, 0.1) is 0 Å². The lowest BCUT2D eigenvalue weighted by Crippen LogP contribution is -2.21. The average Bonchev–Trinajstić information content (AvgIpc) is 2.39. The maximum atomic E-state index is 13.2. The van der Waals surface area contributed by atoms with Crippen molar-refractivity contribution in [3.63, 3.8) is 0 Å². The summed E-state index contributed by atoms with van der Waals surface area (Å²) in [5.74, 6) is 1.24. The normalized spacial score (nSPS) is 23.1. The van der Waals surface area contributed by atoms with E-state index in [1.165, 1.54) is 37.8 Å². The Morgan fingerprint density at radius 2 is 2.05 bits per heavy atom. The smallest absolute Gasteiger partial charge is 0.124 e. The molecule has 0 atom stereocenters. The van der Waals surface area contributed by atoms with Crippen molar-refractivity contribution < 1.29 is 4.39 Å². The van der Waals surface area contributed by atoms with Gasteiger partial charge in [-0.2, -0.15) is 0 Å². The number of thiocarbonyl (C=S) groups is 1. The van der Waals surface area contributed by atoms with E-state index in [4.69, 9.17) is 18.0 Å². The van der Waals surface area contributed by atoms with Gasteiger partial charge in [-0.3, -0.25) is 0 Å². The monoisotopic (exact) mass is 280 g/mol. The summed E-state index contributed by atoms with van der Waals surface area (Å²) in [5, 5.41) is 3.37. The van der Waals surface area contributed by atoms with Crippen LogP contribution in [0.25, 0.3) is 0 Å². The van der Waals surface area contributed by atoms with Crippen molar-refractivity contribution in [1.82, 2.24) is 0 Å². The van der Waals surface area contributed by atoms with Crippen molar-refractivity contribution in [3.05, 3.63) is 29.6 Å². The van der Waals surface area contributed by atoms with Crippen molar-refractivity contribution >= 4 is 22.9 Å². The van der Waals surface area contributed by atoms with Crippen molar-refractivity contribution in [2.45, 2.75) is 32.6 Å². The molecule has 0 amide bonds. The summed E-state index contributed by atoms with van der Waals surface area (Å²) in [6, 6.07) is 4.55. The number of nitrogens with one attached hydrogen (secondary N) is 1. The number of hydrogen-bond donors (Lipinski definition) is 2. The molecule has 0 spiro atoms. The van der Waals surface area contributed by atoms with Gasteiger partial charge in [0, 0.05) is 17.8 Å².